The molecule has 0 aliphatic rings. The van der Waals surface area contributed by atoms with E-state index in [0.717, 1.165) is 22.6 Å². The summed E-state index contributed by atoms with van der Waals surface area (Å²) >= 11 is 0. The molecule has 0 aliphatic carbocycles. The largest absolute Gasteiger partial charge is 0.493 e. The Morgan fingerprint density at radius 1 is 0.595 bits per heavy atom. The van der Waals surface area contributed by atoms with Gasteiger partial charge in [-0.05, 0) is 86.6 Å². The summed E-state index contributed by atoms with van der Waals surface area (Å²) in [6.07, 6.45) is 3.42. The SMILES string of the molecule is CCOc1ccccc1C=Nc1ccc(S(=O)(=O)c2ccc(N=Cc3ccccc3OCC)cc2)cc1. The monoisotopic (exact) mass is 512 g/mol. The third-order valence-electron chi connectivity index (χ3n) is 5.44. The van der Waals surface area contributed by atoms with E-state index in [2.05, 4.69) is 9.98 Å². The predicted octanol–water partition coefficient (Wildman–Crippen LogP) is 6.82. The average molecular weight is 513 g/mol. The molecule has 4 rings (SSSR count). The fraction of sp³-hybridized carbons (Fsp3) is 0.133. The molecule has 0 amide bonds. The molecule has 4 aromatic rings. The Morgan fingerprint density at radius 3 is 1.35 bits per heavy atom. The standard InChI is InChI=1S/C30H28N2O4S/c1-3-35-29-11-7-5-9-23(29)21-31-25-13-17-27(18-14-25)37(33,34)28-19-15-26(16-20-28)32-22-24-10-6-8-12-30(24)36-4-2/h5-22H,3-4H2,1-2H3. The van der Waals surface area contributed by atoms with E-state index in [1.54, 1.807) is 61.0 Å². The summed E-state index contributed by atoms with van der Waals surface area (Å²) < 4.78 is 37.5. The Bertz CT molecular complexity index is 1380. The highest BCUT2D eigenvalue weighted by atomic mass is 32.2. The van der Waals surface area contributed by atoms with Crippen molar-refractivity contribution in [1.82, 2.24) is 0 Å². The molecule has 0 aromatic heterocycles. The quantitative estimate of drug-likeness (QED) is 0.219. The zero-order chi connectivity index (χ0) is 26.1. The first-order valence-corrected chi connectivity index (χ1v) is 13.5. The molecular weight excluding hydrogens is 484 g/mol. The number of sulfone groups is 1. The van der Waals surface area contributed by atoms with Crippen LogP contribution in [0.5, 0.6) is 11.5 Å². The number of ether oxygens (including phenoxy) is 2. The average Bonchev–Trinajstić information content (AvgIpc) is 2.93. The zero-order valence-corrected chi connectivity index (χ0v) is 21.6. The highest BCUT2D eigenvalue weighted by molar-refractivity contribution is 7.91. The summed E-state index contributed by atoms with van der Waals surface area (Å²) in [4.78, 5) is 9.33. The van der Waals surface area contributed by atoms with Crippen LogP contribution in [-0.4, -0.2) is 34.1 Å². The van der Waals surface area contributed by atoms with Crippen molar-refractivity contribution >= 4 is 33.6 Å². The minimum atomic E-state index is -3.68. The molecule has 6 nitrogen and oxygen atoms in total. The second-order valence-electron chi connectivity index (χ2n) is 7.95. The third-order valence-corrected chi connectivity index (χ3v) is 7.22. The van der Waals surface area contributed by atoms with E-state index in [4.69, 9.17) is 9.47 Å². The van der Waals surface area contributed by atoms with Crippen LogP contribution in [0.4, 0.5) is 11.4 Å². The van der Waals surface area contributed by atoms with Gasteiger partial charge >= 0.3 is 0 Å². The first kappa shape index (κ1) is 25.9. The maximum absolute atomic E-state index is 13.1. The van der Waals surface area contributed by atoms with Crippen molar-refractivity contribution in [1.29, 1.82) is 0 Å². The molecule has 0 atom stereocenters. The van der Waals surface area contributed by atoms with Gasteiger partial charge in [0.1, 0.15) is 11.5 Å². The lowest BCUT2D eigenvalue weighted by Crippen LogP contribution is -2.01. The van der Waals surface area contributed by atoms with Gasteiger partial charge in [0.2, 0.25) is 9.84 Å². The van der Waals surface area contributed by atoms with Gasteiger partial charge in [0, 0.05) is 23.6 Å². The second-order valence-corrected chi connectivity index (χ2v) is 9.90. The Labute approximate surface area is 217 Å². The van der Waals surface area contributed by atoms with Crippen LogP contribution in [0.1, 0.15) is 25.0 Å². The van der Waals surface area contributed by atoms with Crippen molar-refractivity contribution in [3.63, 3.8) is 0 Å². The number of rotatable bonds is 10. The zero-order valence-electron chi connectivity index (χ0n) is 20.7. The Morgan fingerprint density at radius 2 is 0.973 bits per heavy atom. The number of para-hydroxylation sites is 2. The van der Waals surface area contributed by atoms with Gasteiger partial charge in [0.25, 0.3) is 0 Å². The summed E-state index contributed by atoms with van der Waals surface area (Å²) in [5.74, 6) is 1.50. The van der Waals surface area contributed by atoms with Crippen LogP contribution in [0.25, 0.3) is 0 Å². The molecule has 0 saturated heterocycles. The molecule has 0 unspecified atom stereocenters. The van der Waals surface area contributed by atoms with E-state index in [9.17, 15) is 8.42 Å². The molecule has 0 bridgehead atoms. The number of benzene rings is 4. The van der Waals surface area contributed by atoms with Crippen LogP contribution >= 0.6 is 0 Å². The summed E-state index contributed by atoms with van der Waals surface area (Å²) in [6, 6.07) is 28.2. The van der Waals surface area contributed by atoms with E-state index in [-0.39, 0.29) is 9.79 Å². The maximum atomic E-state index is 13.1. The minimum Gasteiger partial charge on any atom is -0.493 e. The summed E-state index contributed by atoms with van der Waals surface area (Å²) in [5, 5.41) is 0. The van der Waals surface area contributed by atoms with Gasteiger partial charge in [0.15, 0.2) is 0 Å². The van der Waals surface area contributed by atoms with Crippen LogP contribution in [0.2, 0.25) is 0 Å². The lowest BCUT2D eigenvalue weighted by molar-refractivity contribution is 0.339. The van der Waals surface area contributed by atoms with E-state index < -0.39 is 9.84 Å². The van der Waals surface area contributed by atoms with Gasteiger partial charge < -0.3 is 9.47 Å². The van der Waals surface area contributed by atoms with Gasteiger partial charge in [0.05, 0.1) is 34.4 Å². The fourth-order valence-electron chi connectivity index (χ4n) is 3.60. The van der Waals surface area contributed by atoms with Crippen LogP contribution in [0, 0.1) is 0 Å². The van der Waals surface area contributed by atoms with Gasteiger partial charge in [-0.15, -0.1) is 0 Å². The highest BCUT2D eigenvalue weighted by Gasteiger charge is 2.17. The van der Waals surface area contributed by atoms with E-state index in [1.807, 2.05) is 62.4 Å². The Balaban J connectivity index is 1.48. The maximum Gasteiger partial charge on any atom is 0.206 e. The first-order valence-electron chi connectivity index (χ1n) is 12.0. The normalized spacial score (nSPS) is 11.7. The summed E-state index contributed by atoms with van der Waals surface area (Å²) in [7, 11) is -3.68. The Kier molecular flexibility index (Phi) is 8.48. The molecular formula is C30H28N2O4S. The number of aliphatic imine (C=N–C) groups is 2. The van der Waals surface area contributed by atoms with E-state index in [1.165, 1.54) is 0 Å². The fourth-order valence-corrected chi connectivity index (χ4v) is 4.86. The van der Waals surface area contributed by atoms with Crippen molar-refractivity contribution in [3.8, 4) is 11.5 Å². The van der Waals surface area contributed by atoms with Crippen LogP contribution in [-0.2, 0) is 9.84 Å². The van der Waals surface area contributed by atoms with Crippen molar-refractivity contribution in [2.24, 2.45) is 9.98 Å². The van der Waals surface area contributed by atoms with Crippen molar-refractivity contribution < 1.29 is 17.9 Å². The number of hydrogen-bond donors (Lipinski definition) is 0. The molecule has 0 heterocycles. The van der Waals surface area contributed by atoms with Crippen molar-refractivity contribution in [2.45, 2.75) is 23.6 Å². The summed E-state index contributed by atoms with van der Waals surface area (Å²) in [5.41, 5.74) is 2.99. The van der Waals surface area contributed by atoms with Gasteiger partial charge in [-0.2, -0.15) is 0 Å². The number of hydrogen-bond acceptors (Lipinski definition) is 6. The van der Waals surface area contributed by atoms with Crippen LogP contribution in [0.15, 0.2) is 117 Å². The van der Waals surface area contributed by atoms with Crippen molar-refractivity contribution in [2.75, 3.05) is 13.2 Å². The molecule has 37 heavy (non-hydrogen) atoms. The van der Waals surface area contributed by atoms with E-state index >= 15 is 0 Å². The first-order chi connectivity index (χ1) is 18.0. The molecule has 188 valence electrons. The molecule has 0 fully saturated rings. The molecule has 0 N–H and O–H groups in total. The Hall–Kier alpha value is -4.23. The smallest absolute Gasteiger partial charge is 0.206 e. The molecule has 0 aliphatic heterocycles. The highest BCUT2D eigenvalue weighted by Crippen LogP contribution is 2.26. The van der Waals surface area contributed by atoms with Gasteiger partial charge in [-0.3, -0.25) is 9.98 Å². The lowest BCUT2D eigenvalue weighted by Gasteiger charge is -2.07. The van der Waals surface area contributed by atoms with Crippen LogP contribution in [0.3, 0.4) is 0 Å². The molecule has 0 radical (unpaired) electrons. The molecule has 0 spiro atoms. The molecule has 4 aromatic carbocycles. The lowest BCUT2D eigenvalue weighted by atomic mass is 10.2. The number of nitrogens with zero attached hydrogens (tertiary/aromatic N) is 2. The second kappa shape index (κ2) is 12.1. The molecule has 7 heteroatoms. The molecule has 0 saturated carbocycles. The third kappa shape index (κ3) is 6.51. The van der Waals surface area contributed by atoms with Crippen LogP contribution < -0.4 is 9.47 Å². The van der Waals surface area contributed by atoms with Gasteiger partial charge in [-0.1, -0.05) is 24.3 Å². The van der Waals surface area contributed by atoms with Crippen molar-refractivity contribution in [3.05, 3.63) is 108 Å². The predicted molar refractivity (Wildman–Crippen MR) is 148 cm³/mol. The van der Waals surface area contributed by atoms with Gasteiger partial charge in [-0.25, -0.2) is 8.42 Å². The topological polar surface area (TPSA) is 77.3 Å². The summed E-state index contributed by atoms with van der Waals surface area (Å²) in [6.45, 7) is 4.98. The minimum absolute atomic E-state index is 0.197. The van der Waals surface area contributed by atoms with E-state index in [0.29, 0.717) is 24.6 Å².